The van der Waals surface area contributed by atoms with Gasteiger partial charge in [-0.1, -0.05) is 29.3 Å². The number of nitrogens with zero attached hydrogens (tertiary/aromatic N) is 2. The molecule has 134 valence electrons. The smallest absolute Gasteiger partial charge is 0.269 e. The standard InChI is InChI=1S/C15H15Cl2N3O4S/c1-19(9-15(18)10-2-7-13(16)14(17)8-10)25(23,24)12-5-3-11(4-6-12)20(21)22/h2-8,15H,9,18H2,1H3/t15-/m1/s1. The summed E-state index contributed by atoms with van der Waals surface area (Å²) < 4.78 is 26.2. The molecule has 0 bridgehead atoms. The Balaban J connectivity index is 2.18. The summed E-state index contributed by atoms with van der Waals surface area (Å²) in [6, 6.07) is 8.88. The molecule has 0 aliphatic rings. The molecule has 2 rings (SSSR count). The molecule has 10 heteroatoms. The molecule has 2 aromatic rings. The minimum atomic E-state index is -3.83. The molecule has 1 atom stereocenters. The lowest BCUT2D eigenvalue weighted by atomic mass is 10.1. The molecular weight excluding hydrogens is 389 g/mol. The van der Waals surface area contributed by atoms with E-state index in [2.05, 4.69) is 0 Å². The molecule has 0 aliphatic carbocycles. The molecular formula is C15H15Cl2N3O4S. The summed E-state index contributed by atoms with van der Waals surface area (Å²) in [6.07, 6.45) is 0. The van der Waals surface area contributed by atoms with E-state index in [4.69, 9.17) is 28.9 Å². The van der Waals surface area contributed by atoms with Gasteiger partial charge in [0.2, 0.25) is 10.0 Å². The maximum absolute atomic E-state index is 12.6. The van der Waals surface area contributed by atoms with Crippen molar-refractivity contribution in [3.63, 3.8) is 0 Å². The van der Waals surface area contributed by atoms with Crippen molar-refractivity contribution in [1.82, 2.24) is 4.31 Å². The first-order valence-electron chi connectivity index (χ1n) is 7.04. The first-order valence-corrected chi connectivity index (χ1v) is 9.24. The zero-order chi connectivity index (χ0) is 18.8. The number of non-ortho nitro benzene ring substituents is 1. The molecule has 0 radical (unpaired) electrons. The van der Waals surface area contributed by atoms with Crippen molar-refractivity contribution in [2.45, 2.75) is 10.9 Å². The Labute approximate surface area is 155 Å². The molecule has 2 N–H and O–H groups in total. The summed E-state index contributed by atoms with van der Waals surface area (Å²) in [6.45, 7) is -0.00270. The van der Waals surface area contributed by atoms with Crippen LogP contribution >= 0.6 is 23.2 Å². The number of nitrogens with two attached hydrogens (primary N) is 1. The number of likely N-dealkylation sites (N-methyl/N-ethyl adjacent to an activating group) is 1. The largest absolute Gasteiger partial charge is 0.323 e. The SMILES string of the molecule is CN(C[C@@H](N)c1ccc(Cl)c(Cl)c1)S(=O)(=O)c1ccc([N+](=O)[O-])cc1. The lowest BCUT2D eigenvalue weighted by Gasteiger charge is -2.21. The molecule has 0 heterocycles. The average Bonchev–Trinajstić information content (AvgIpc) is 2.57. The van der Waals surface area contributed by atoms with E-state index < -0.39 is 21.0 Å². The molecule has 0 spiro atoms. The van der Waals surface area contributed by atoms with Crippen LogP contribution in [0, 0.1) is 10.1 Å². The molecule has 7 nitrogen and oxygen atoms in total. The summed E-state index contributed by atoms with van der Waals surface area (Å²) >= 11 is 11.8. The second-order valence-corrected chi connectivity index (χ2v) is 8.18. The maximum Gasteiger partial charge on any atom is 0.269 e. The maximum atomic E-state index is 12.6. The Morgan fingerprint density at radius 1 is 1.16 bits per heavy atom. The van der Waals surface area contributed by atoms with Crippen LogP contribution in [0.2, 0.25) is 10.0 Å². The molecule has 0 aliphatic heterocycles. The number of hydrogen-bond acceptors (Lipinski definition) is 5. The summed E-state index contributed by atoms with van der Waals surface area (Å²) in [4.78, 5) is 10.0. The third-order valence-electron chi connectivity index (χ3n) is 3.58. The van der Waals surface area contributed by atoms with Crippen molar-refractivity contribution in [3.8, 4) is 0 Å². The van der Waals surface area contributed by atoms with Crippen molar-refractivity contribution < 1.29 is 13.3 Å². The van der Waals surface area contributed by atoms with Crippen molar-refractivity contribution in [2.24, 2.45) is 5.73 Å². The Kier molecular flexibility index (Phi) is 6.02. The van der Waals surface area contributed by atoms with Gasteiger partial charge < -0.3 is 5.73 Å². The van der Waals surface area contributed by atoms with Crippen molar-refractivity contribution in [2.75, 3.05) is 13.6 Å². The average molecular weight is 404 g/mol. The summed E-state index contributed by atoms with van der Waals surface area (Å²) in [5.41, 5.74) is 6.51. The van der Waals surface area contributed by atoms with E-state index >= 15 is 0 Å². The number of hydrogen-bond donors (Lipinski definition) is 1. The third kappa shape index (κ3) is 4.47. The number of benzene rings is 2. The monoisotopic (exact) mass is 403 g/mol. The number of rotatable bonds is 6. The van der Waals surface area contributed by atoms with Crippen LogP contribution < -0.4 is 5.73 Å². The van der Waals surface area contributed by atoms with Crippen LogP contribution in [0.15, 0.2) is 47.4 Å². The van der Waals surface area contributed by atoms with Crippen molar-refractivity contribution in [1.29, 1.82) is 0 Å². The zero-order valence-electron chi connectivity index (χ0n) is 13.1. The fraction of sp³-hybridized carbons (Fsp3) is 0.200. The minimum Gasteiger partial charge on any atom is -0.323 e. The van der Waals surface area contributed by atoms with Gasteiger partial charge in [0.15, 0.2) is 0 Å². The molecule has 0 fully saturated rings. The number of nitro benzene ring substituents is 1. The van der Waals surface area contributed by atoms with Crippen LogP contribution in [-0.2, 0) is 10.0 Å². The van der Waals surface area contributed by atoms with Crippen LogP contribution in [0.25, 0.3) is 0 Å². The first-order chi connectivity index (χ1) is 11.6. The Morgan fingerprint density at radius 3 is 2.28 bits per heavy atom. The van der Waals surface area contributed by atoms with Gasteiger partial charge in [-0.2, -0.15) is 4.31 Å². The van der Waals surface area contributed by atoms with Crippen molar-refractivity contribution in [3.05, 3.63) is 68.2 Å². The van der Waals surface area contributed by atoms with Gasteiger partial charge in [0.1, 0.15) is 0 Å². The molecule has 2 aromatic carbocycles. The Morgan fingerprint density at radius 2 is 1.76 bits per heavy atom. The van der Waals surface area contributed by atoms with Crippen LogP contribution in [0.1, 0.15) is 11.6 Å². The van der Waals surface area contributed by atoms with Gasteiger partial charge in [0.05, 0.1) is 19.9 Å². The number of sulfonamides is 1. The van der Waals surface area contributed by atoms with Crippen LogP contribution in [-0.4, -0.2) is 31.2 Å². The fourth-order valence-corrected chi connectivity index (χ4v) is 3.65. The van der Waals surface area contributed by atoms with Crippen LogP contribution in [0.4, 0.5) is 5.69 Å². The predicted molar refractivity (Wildman–Crippen MR) is 96.3 cm³/mol. The van der Waals surface area contributed by atoms with Gasteiger partial charge in [-0.15, -0.1) is 0 Å². The zero-order valence-corrected chi connectivity index (χ0v) is 15.4. The molecule has 0 saturated heterocycles. The van der Waals surface area contributed by atoms with Gasteiger partial charge in [-0.05, 0) is 29.8 Å². The molecule has 0 aromatic heterocycles. The van der Waals surface area contributed by atoms with E-state index in [9.17, 15) is 18.5 Å². The highest BCUT2D eigenvalue weighted by Gasteiger charge is 2.24. The van der Waals surface area contributed by atoms with E-state index in [-0.39, 0.29) is 17.1 Å². The van der Waals surface area contributed by atoms with Crippen LogP contribution in [0.5, 0.6) is 0 Å². The molecule has 0 unspecified atom stereocenters. The first kappa shape index (κ1) is 19.6. The van der Waals surface area contributed by atoms with Gasteiger partial charge in [0.25, 0.3) is 5.69 Å². The van der Waals surface area contributed by atoms with E-state index in [1.54, 1.807) is 18.2 Å². The highest BCUT2D eigenvalue weighted by Crippen LogP contribution is 2.26. The number of nitro groups is 1. The Hall–Kier alpha value is -1.71. The summed E-state index contributed by atoms with van der Waals surface area (Å²) in [7, 11) is -2.45. The van der Waals surface area contributed by atoms with E-state index in [1.165, 1.54) is 19.2 Å². The number of halogens is 2. The quantitative estimate of drug-likeness (QED) is 0.588. The van der Waals surface area contributed by atoms with Gasteiger partial charge in [0, 0.05) is 31.8 Å². The summed E-state index contributed by atoms with van der Waals surface area (Å²) in [5.74, 6) is 0. The van der Waals surface area contributed by atoms with E-state index in [0.717, 1.165) is 16.4 Å². The summed E-state index contributed by atoms with van der Waals surface area (Å²) in [5, 5.41) is 11.4. The molecule has 0 amide bonds. The predicted octanol–water partition coefficient (Wildman–Crippen LogP) is 3.22. The topological polar surface area (TPSA) is 107 Å². The normalized spacial score (nSPS) is 13.0. The third-order valence-corrected chi connectivity index (χ3v) is 6.16. The van der Waals surface area contributed by atoms with Gasteiger partial charge >= 0.3 is 0 Å². The second kappa shape index (κ2) is 7.67. The lowest BCUT2D eigenvalue weighted by Crippen LogP contribution is -2.34. The Bertz CT molecular complexity index is 888. The van der Waals surface area contributed by atoms with Gasteiger partial charge in [-0.25, -0.2) is 8.42 Å². The van der Waals surface area contributed by atoms with E-state index in [1.807, 2.05) is 0 Å². The van der Waals surface area contributed by atoms with Crippen LogP contribution in [0.3, 0.4) is 0 Å². The fourth-order valence-electron chi connectivity index (χ4n) is 2.14. The lowest BCUT2D eigenvalue weighted by molar-refractivity contribution is -0.384. The highest BCUT2D eigenvalue weighted by atomic mass is 35.5. The minimum absolute atomic E-state index is 0.00270. The second-order valence-electron chi connectivity index (χ2n) is 5.32. The molecule has 25 heavy (non-hydrogen) atoms. The molecule has 0 saturated carbocycles. The van der Waals surface area contributed by atoms with Crippen molar-refractivity contribution >= 4 is 38.9 Å². The van der Waals surface area contributed by atoms with E-state index in [0.29, 0.717) is 15.6 Å². The van der Waals surface area contributed by atoms with Gasteiger partial charge in [-0.3, -0.25) is 10.1 Å². The highest BCUT2D eigenvalue weighted by molar-refractivity contribution is 7.89.